The highest BCUT2D eigenvalue weighted by molar-refractivity contribution is 7.97. The fourth-order valence-electron chi connectivity index (χ4n) is 3.05. The standard InChI is InChI=1S/C12H23OS/c1-9-7-11(8-10(2)12(9)13)14-5-3-4-6-14/h9-13H,3-8H2,1-2H3/q+1. The van der Waals surface area contributed by atoms with E-state index in [1.807, 2.05) is 0 Å². The number of hydrogen-bond donors (Lipinski definition) is 1. The topological polar surface area (TPSA) is 20.2 Å². The predicted octanol–water partition coefficient (Wildman–Crippen LogP) is 2.19. The SMILES string of the molecule is CC1CC([S+]2CCCC2)CC(C)C1O. The number of rotatable bonds is 1. The molecule has 0 spiro atoms. The highest BCUT2D eigenvalue weighted by Crippen LogP contribution is 2.36. The van der Waals surface area contributed by atoms with Crippen LogP contribution in [0.3, 0.4) is 0 Å². The van der Waals surface area contributed by atoms with Crippen molar-refractivity contribution in [2.75, 3.05) is 11.5 Å². The number of hydrogen-bond acceptors (Lipinski definition) is 1. The summed E-state index contributed by atoms with van der Waals surface area (Å²) in [6.07, 6.45) is 5.47. The van der Waals surface area contributed by atoms with Crippen LogP contribution >= 0.6 is 0 Å². The van der Waals surface area contributed by atoms with Crippen LogP contribution < -0.4 is 0 Å². The van der Waals surface area contributed by atoms with Gasteiger partial charge in [-0.25, -0.2) is 0 Å². The summed E-state index contributed by atoms with van der Waals surface area (Å²) in [4.78, 5) is 0. The molecule has 2 rings (SSSR count). The fourth-order valence-corrected chi connectivity index (χ4v) is 6.22. The van der Waals surface area contributed by atoms with Crippen molar-refractivity contribution in [3.8, 4) is 0 Å². The van der Waals surface area contributed by atoms with Crippen molar-refractivity contribution in [1.82, 2.24) is 0 Å². The molecule has 1 aliphatic heterocycles. The maximum atomic E-state index is 9.91. The summed E-state index contributed by atoms with van der Waals surface area (Å²) in [5.74, 6) is 4.05. The lowest BCUT2D eigenvalue weighted by atomic mass is 9.80. The highest BCUT2D eigenvalue weighted by atomic mass is 32.2. The third-order valence-corrected chi connectivity index (χ3v) is 6.92. The van der Waals surface area contributed by atoms with Gasteiger partial charge in [0.1, 0.15) is 16.8 Å². The first-order valence-corrected chi connectivity index (χ1v) is 7.65. The maximum Gasteiger partial charge on any atom is 0.119 e. The molecule has 2 heteroatoms. The Labute approximate surface area is 90.6 Å². The summed E-state index contributed by atoms with van der Waals surface area (Å²) in [7, 11) is 0.719. The normalized spacial score (nSPS) is 45.6. The summed E-state index contributed by atoms with van der Waals surface area (Å²) in [6.45, 7) is 4.46. The van der Waals surface area contributed by atoms with Gasteiger partial charge in [-0.2, -0.15) is 0 Å². The minimum atomic E-state index is -0.0301. The fraction of sp³-hybridized carbons (Fsp3) is 1.00. The van der Waals surface area contributed by atoms with E-state index in [9.17, 15) is 5.11 Å². The van der Waals surface area contributed by atoms with Crippen molar-refractivity contribution >= 4 is 10.9 Å². The van der Waals surface area contributed by atoms with E-state index in [4.69, 9.17) is 0 Å². The molecule has 1 aliphatic carbocycles. The minimum Gasteiger partial charge on any atom is -0.393 e. The van der Waals surface area contributed by atoms with Gasteiger partial charge in [-0.05, 0) is 48.4 Å². The van der Waals surface area contributed by atoms with Gasteiger partial charge in [-0.15, -0.1) is 0 Å². The highest BCUT2D eigenvalue weighted by Gasteiger charge is 2.41. The van der Waals surface area contributed by atoms with Crippen LogP contribution in [0.4, 0.5) is 0 Å². The van der Waals surface area contributed by atoms with Crippen molar-refractivity contribution in [3.63, 3.8) is 0 Å². The smallest absolute Gasteiger partial charge is 0.119 e. The summed E-state index contributed by atoms with van der Waals surface area (Å²) in [5, 5.41) is 10.9. The first-order chi connectivity index (χ1) is 6.68. The lowest BCUT2D eigenvalue weighted by molar-refractivity contribution is 0.0354. The zero-order chi connectivity index (χ0) is 10.1. The molecule has 1 saturated heterocycles. The Hall–Kier alpha value is 0.310. The molecule has 0 radical (unpaired) electrons. The average Bonchev–Trinajstić information content (AvgIpc) is 2.66. The molecule has 1 nitrogen and oxygen atoms in total. The maximum absolute atomic E-state index is 9.91. The van der Waals surface area contributed by atoms with Crippen molar-refractivity contribution in [1.29, 1.82) is 0 Å². The molecule has 0 aromatic rings. The molecule has 0 aromatic heterocycles. The van der Waals surface area contributed by atoms with Gasteiger partial charge in [0.2, 0.25) is 0 Å². The van der Waals surface area contributed by atoms with E-state index < -0.39 is 0 Å². The van der Waals surface area contributed by atoms with Crippen LogP contribution in [0.5, 0.6) is 0 Å². The molecule has 2 atom stereocenters. The Balaban J connectivity index is 1.94. The van der Waals surface area contributed by atoms with E-state index in [0.717, 1.165) is 16.1 Å². The molecule has 0 bridgehead atoms. The van der Waals surface area contributed by atoms with Gasteiger partial charge in [-0.3, -0.25) is 0 Å². The number of aliphatic hydroxyl groups excluding tert-OH is 1. The second-order valence-electron chi connectivity index (χ2n) is 5.19. The van der Waals surface area contributed by atoms with E-state index in [-0.39, 0.29) is 6.10 Å². The zero-order valence-electron chi connectivity index (χ0n) is 9.41. The Morgan fingerprint density at radius 2 is 1.50 bits per heavy atom. The van der Waals surface area contributed by atoms with Gasteiger partial charge < -0.3 is 5.11 Å². The Morgan fingerprint density at radius 3 is 2.00 bits per heavy atom. The lowest BCUT2D eigenvalue weighted by Crippen LogP contribution is -2.40. The summed E-state index contributed by atoms with van der Waals surface area (Å²) in [5.41, 5.74) is 0. The van der Waals surface area contributed by atoms with Gasteiger partial charge in [0.05, 0.1) is 6.10 Å². The molecule has 0 amide bonds. The molecule has 14 heavy (non-hydrogen) atoms. The minimum absolute atomic E-state index is 0.0301. The van der Waals surface area contributed by atoms with E-state index in [2.05, 4.69) is 13.8 Å². The van der Waals surface area contributed by atoms with Gasteiger partial charge in [0, 0.05) is 0 Å². The first kappa shape index (κ1) is 10.8. The largest absolute Gasteiger partial charge is 0.393 e. The molecule has 1 N–H and O–H groups in total. The molecule has 2 aliphatic rings. The Morgan fingerprint density at radius 1 is 1.00 bits per heavy atom. The van der Waals surface area contributed by atoms with E-state index in [1.165, 1.54) is 37.2 Å². The molecule has 2 unspecified atom stereocenters. The average molecular weight is 215 g/mol. The molecule has 2 fully saturated rings. The summed E-state index contributed by atoms with van der Waals surface area (Å²) in [6, 6.07) is 0. The van der Waals surface area contributed by atoms with Crippen LogP contribution in [0.25, 0.3) is 0 Å². The van der Waals surface area contributed by atoms with Gasteiger partial charge in [0.25, 0.3) is 0 Å². The predicted molar refractivity (Wildman–Crippen MR) is 63.7 cm³/mol. The monoisotopic (exact) mass is 215 g/mol. The number of aliphatic hydroxyl groups is 1. The third-order valence-electron chi connectivity index (χ3n) is 3.97. The van der Waals surface area contributed by atoms with Crippen LogP contribution in [-0.4, -0.2) is 28.0 Å². The summed E-state index contributed by atoms with van der Waals surface area (Å²) < 4.78 is 0. The second kappa shape index (κ2) is 4.44. The molecular formula is C12H23OS+. The second-order valence-corrected chi connectivity index (χ2v) is 7.75. The van der Waals surface area contributed by atoms with Crippen LogP contribution in [-0.2, 0) is 10.9 Å². The molecule has 0 aromatic carbocycles. The van der Waals surface area contributed by atoms with Crippen molar-refractivity contribution < 1.29 is 5.11 Å². The quantitative estimate of drug-likeness (QED) is 0.665. The Bertz CT molecular complexity index is 177. The van der Waals surface area contributed by atoms with Gasteiger partial charge >= 0.3 is 0 Å². The lowest BCUT2D eigenvalue weighted by Gasteiger charge is -2.34. The van der Waals surface area contributed by atoms with Crippen LogP contribution in [0.2, 0.25) is 0 Å². The van der Waals surface area contributed by atoms with Gasteiger partial charge in [0.15, 0.2) is 0 Å². The molecule has 1 saturated carbocycles. The Kier molecular flexibility index (Phi) is 3.43. The molecule has 82 valence electrons. The van der Waals surface area contributed by atoms with E-state index in [1.54, 1.807) is 0 Å². The van der Waals surface area contributed by atoms with Crippen LogP contribution in [0.1, 0.15) is 39.5 Å². The zero-order valence-corrected chi connectivity index (χ0v) is 10.2. The van der Waals surface area contributed by atoms with Crippen LogP contribution in [0, 0.1) is 11.8 Å². The van der Waals surface area contributed by atoms with Gasteiger partial charge in [-0.1, -0.05) is 13.8 Å². The van der Waals surface area contributed by atoms with Crippen molar-refractivity contribution in [3.05, 3.63) is 0 Å². The van der Waals surface area contributed by atoms with Crippen molar-refractivity contribution in [2.24, 2.45) is 11.8 Å². The molecule has 1 heterocycles. The summed E-state index contributed by atoms with van der Waals surface area (Å²) >= 11 is 0. The van der Waals surface area contributed by atoms with E-state index >= 15 is 0 Å². The molecular weight excluding hydrogens is 192 g/mol. The van der Waals surface area contributed by atoms with Crippen LogP contribution in [0.15, 0.2) is 0 Å². The van der Waals surface area contributed by atoms with E-state index in [0.29, 0.717) is 11.8 Å². The third kappa shape index (κ3) is 2.11. The first-order valence-electron chi connectivity index (χ1n) is 6.03. The van der Waals surface area contributed by atoms with Crippen molar-refractivity contribution in [2.45, 2.75) is 50.9 Å².